The predicted octanol–water partition coefficient (Wildman–Crippen LogP) is 3.77. The smallest absolute Gasteiger partial charge is 0.153 e. The molecule has 0 amide bonds. The van der Waals surface area contributed by atoms with Crippen LogP contribution in [0.5, 0.6) is 5.75 Å². The van der Waals surface area contributed by atoms with Crippen LogP contribution >= 0.6 is 11.6 Å². The Labute approximate surface area is 111 Å². The molecule has 3 heteroatoms. The maximum Gasteiger partial charge on any atom is 0.153 e. The van der Waals surface area contributed by atoms with Crippen LogP contribution in [0.15, 0.2) is 48.5 Å². The molecule has 2 nitrogen and oxygen atoms in total. The van der Waals surface area contributed by atoms with Gasteiger partial charge in [-0.1, -0.05) is 41.9 Å². The monoisotopic (exact) mass is 260 g/mol. The summed E-state index contributed by atoms with van der Waals surface area (Å²) in [5.74, 6) is 0.611. The summed E-state index contributed by atoms with van der Waals surface area (Å²) in [7, 11) is 0. The van der Waals surface area contributed by atoms with Gasteiger partial charge in [0.1, 0.15) is 5.75 Å². The normalized spacial score (nSPS) is 10.1. The van der Waals surface area contributed by atoms with Crippen LogP contribution in [0.25, 0.3) is 0 Å². The Bertz CT molecular complexity index is 538. The highest BCUT2D eigenvalue weighted by Crippen LogP contribution is 2.18. The number of carbonyl (C=O) groups excluding carboxylic acids is 1. The highest BCUT2D eigenvalue weighted by atomic mass is 35.5. The van der Waals surface area contributed by atoms with E-state index in [9.17, 15) is 4.79 Å². The van der Waals surface area contributed by atoms with E-state index >= 15 is 0 Å². The molecule has 0 aliphatic carbocycles. The first-order valence-corrected chi connectivity index (χ1v) is 6.09. The van der Waals surface area contributed by atoms with E-state index in [2.05, 4.69) is 0 Å². The van der Waals surface area contributed by atoms with Crippen molar-refractivity contribution in [2.75, 3.05) is 6.61 Å². The van der Waals surface area contributed by atoms with Crippen molar-refractivity contribution in [3.05, 3.63) is 64.7 Å². The Hall–Kier alpha value is -1.80. The molecule has 0 atom stereocenters. The van der Waals surface area contributed by atoms with E-state index in [0.29, 0.717) is 24.3 Å². The molecule has 0 aliphatic rings. The summed E-state index contributed by atoms with van der Waals surface area (Å²) in [5.41, 5.74) is 1.61. The fraction of sp³-hybridized carbons (Fsp3) is 0.133. The van der Waals surface area contributed by atoms with Crippen molar-refractivity contribution in [1.29, 1.82) is 0 Å². The average Bonchev–Trinajstić information content (AvgIpc) is 2.41. The van der Waals surface area contributed by atoms with Gasteiger partial charge in [0.15, 0.2) is 6.29 Å². The average molecular weight is 261 g/mol. The summed E-state index contributed by atoms with van der Waals surface area (Å²) in [6.07, 6.45) is 1.51. The van der Waals surface area contributed by atoms with Crippen LogP contribution in [0.3, 0.4) is 0 Å². The number of halogens is 1. The van der Waals surface area contributed by atoms with Crippen molar-refractivity contribution >= 4 is 17.9 Å². The van der Waals surface area contributed by atoms with E-state index < -0.39 is 0 Å². The number of hydrogen-bond donors (Lipinski definition) is 0. The van der Waals surface area contributed by atoms with Gasteiger partial charge in [-0.2, -0.15) is 0 Å². The van der Waals surface area contributed by atoms with Gasteiger partial charge in [0.25, 0.3) is 0 Å². The summed E-state index contributed by atoms with van der Waals surface area (Å²) >= 11 is 6.05. The van der Waals surface area contributed by atoms with Gasteiger partial charge >= 0.3 is 0 Å². The number of rotatable bonds is 5. The summed E-state index contributed by atoms with van der Waals surface area (Å²) in [6, 6.07) is 14.8. The molecule has 18 heavy (non-hydrogen) atoms. The van der Waals surface area contributed by atoms with Crippen molar-refractivity contribution in [2.45, 2.75) is 6.42 Å². The lowest BCUT2D eigenvalue weighted by molar-refractivity contribution is 0.111. The second-order valence-corrected chi connectivity index (χ2v) is 4.25. The van der Waals surface area contributed by atoms with Gasteiger partial charge < -0.3 is 4.74 Å². The van der Waals surface area contributed by atoms with Crippen LogP contribution in [0.4, 0.5) is 0 Å². The molecule has 0 unspecified atom stereocenters. The minimum atomic E-state index is 0.495. The number of ether oxygens (including phenoxy) is 1. The second-order valence-electron chi connectivity index (χ2n) is 3.85. The topological polar surface area (TPSA) is 26.3 Å². The lowest BCUT2D eigenvalue weighted by Gasteiger charge is -2.08. The van der Waals surface area contributed by atoms with E-state index in [4.69, 9.17) is 16.3 Å². The minimum Gasteiger partial charge on any atom is -0.492 e. The summed E-state index contributed by atoms with van der Waals surface area (Å²) in [6.45, 7) is 0.495. The number of para-hydroxylation sites is 1. The van der Waals surface area contributed by atoms with Gasteiger partial charge in [-0.3, -0.25) is 4.79 Å². The molecule has 0 saturated heterocycles. The molecule has 0 aromatic heterocycles. The van der Waals surface area contributed by atoms with Crippen LogP contribution in [0, 0.1) is 0 Å². The standard InChI is InChI=1S/C15H13ClO2/c16-14-7-3-1-5-12(14)9-10-18-15-8-4-2-6-13(15)11-17/h1-8,11H,9-10H2. The fourth-order valence-corrected chi connectivity index (χ4v) is 1.91. The predicted molar refractivity (Wildman–Crippen MR) is 72.5 cm³/mol. The Morgan fingerprint density at radius 1 is 1.06 bits per heavy atom. The van der Waals surface area contributed by atoms with E-state index in [1.807, 2.05) is 36.4 Å². The molecule has 0 spiro atoms. The molecule has 2 aromatic carbocycles. The summed E-state index contributed by atoms with van der Waals surface area (Å²) < 4.78 is 5.60. The molecule has 0 N–H and O–H groups in total. The molecule has 0 fully saturated rings. The molecule has 0 aliphatic heterocycles. The zero-order valence-electron chi connectivity index (χ0n) is 9.80. The number of hydrogen-bond acceptors (Lipinski definition) is 2. The van der Waals surface area contributed by atoms with Crippen LogP contribution in [-0.2, 0) is 6.42 Å². The molecule has 0 bridgehead atoms. The molecule has 0 radical (unpaired) electrons. The Morgan fingerprint density at radius 3 is 2.56 bits per heavy atom. The third-order valence-electron chi connectivity index (χ3n) is 2.63. The second kappa shape index (κ2) is 6.22. The zero-order chi connectivity index (χ0) is 12.8. The number of carbonyl (C=O) groups is 1. The van der Waals surface area contributed by atoms with E-state index in [0.717, 1.165) is 16.9 Å². The number of aldehydes is 1. The first kappa shape index (κ1) is 12.7. The largest absolute Gasteiger partial charge is 0.492 e. The van der Waals surface area contributed by atoms with E-state index in [1.54, 1.807) is 12.1 Å². The third-order valence-corrected chi connectivity index (χ3v) is 3.00. The lowest BCUT2D eigenvalue weighted by atomic mass is 10.1. The van der Waals surface area contributed by atoms with Crippen molar-refractivity contribution in [3.63, 3.8) is 0 Å². The molecular weight excluding hydrogens is 248 g/mol. The van der Waals surface area contributed by atoms with Gasteiger partial charge in [0, 0.05) is 11.4 Å². The van der Waals surface area contributed by atoms with E-state index in [-0.39, 0.29) is 0 Å². The van der Waals surface area contributed by atoms with Crippen LogP contribution in [0.1, 0.15) is 15.9 Å². The Morgan fingerprint density at radius 2 is 1.78 bits per heavy atom. The highest BCUT2D eigenvalue weighted by Gasteiger charge is 2.03. The molecular formula is C15H13ClO2. The van der Waals surface area contributed by atoms with Crippen molar-refractivity contribution in [1.82, 2.24) is 0 Å². The highest BCUT2D eigenvalue weighted by molar-refractivity contribution is 6.31. The first-order valence-electron chi connectivity index (χ1n) is 5.71. The van der Waals surface area contributed by atoms with Gasteiger partial charge in [-0.25, -0.2) is 0 Å². The van der Waals surface area contributed by atoms with Crippen molar-refractivity contribution in [2.24, 2.45) is 0 Å². The first-order chi connectivity index (χ1) is 8.81. The fourth-order valence-electron chi connectivity index (χ4n) is 1.68. The molecule has 2 rings (SSSR count). The molecule has 0 saturated carbocycles. The SMILES string of the molecule is O=Cc1ccccc1OCCc1ccccc1Cl. The van der Waals surface area contributed by atoms with Crippen LogP contribution < -0.4 is 4.74 Å². The molecule has 2 aromatic rings. The summed E-state index contributed by atoms with van der Waals surface area (Å²) in [5, 5.41) is 0.741. The van der Waals surface area contributed by atoms with Gasteiger partial charge in [-0.15, -0.1) is 0 Å². The number of benzene rings is 2. The van der Waals surface area contributed by atoms with Gasteiger partial charge in [0.2, 0.25) is 0 Å². The van der Waals surface area contributed by atoms with Gasteiger partial charge in [0.05, 0.1) is 12.2 Å². The van der Waals surface area contributed by atoms with E-state index in [1.165, 1.54) is 0 Å². The quantitative estimate of drug-likeness (QED) is 0.765. The zero-order valence-corrected chi connectivity index (χ0v) is 10.6. The molecule has 0 heterocycles. The maximum atomic E-state index is 10.8. The summed E-state index contributed by atoms with van der Waals surface area (Å²) in [4.78, 5) is 10.8. The van der Waals surface area contributed by atoms with Crippen molar-refractivity contribution in [3.8, 4) is 5.75 Å². The van der Waals surface area contributed by atoms with Gasteiger partial charge in [-0.05, 0) is 23.8 Å². The Balaban J connectivity index is 1.97. The Kier molecular flexibility index (Phi) is 4.37. The van der Waals surface area contributed by atoms with Crippen LogP contribution in [0.2, 0.25) is 5.02 Å². The maximum absolute atomic E-state index is 10.8. The minimum absolute atomic E-state index is 0.495. The van der Waals surface area contributed by atoms with Crippen LogP contribution in [-0.4, -0.2) is 12.9 Å². The molecule has 92 valence electrons. The third kappa shape index (κ3) is 3.11. The lowest BCUT2D eigenvalue weighted by Crippen LogP contribution is -2.03. The van der Waals surface area contributed by atoms with Crippen molar-refractivity contribution < 1.29 is 9.53 Å².